The van der Waals surface area contributed by atoms with Crippen molar-refractivity contribution in [3.63, 3.8) is 0 Å². The Morgan fingerprint density at radius 2 is 1.67 bits per heavy atom. The van der Waals surface area contributed by atoms with Gasteiger partial charge in [-0.15, -0.1) is 0 Å². The maximum atomic E-state index is 12.7. The van der Waals surface area contributed by atoms with E-state index < -0.39 is 0 Å². The van der Waals surface area contributed by atoms with Crippen molar-refractivity contribution in [2.75, 3.05) is 40.3 Å². The van der Waals surface area contributed by atoms with Crippen LogP contribution in [-0.2, 0) is 10.2 Å². The molecule has 0 aromatic heterocycles. The van der Waals surface area contributed by atoms with E-state index in [2.05, 4.69) is 29.2 Å². The molecule has 1 aliphatic carbocycles. The van der Waals surface area contributed by atoms with Crippen molar-refractivity contribution in [1.82, 2.24) is 14.7 Å². The maximum absolute atomic E-state index is 12.7. The van der Waals surface area contributed by atoms with Crippen molar-refractivity contribution in [2.45, 2.75) is 49.9 Å². The number of carbonyl (C=O) groups excluding carboxylic acids is 2. The Labute approximate surface area is 162 Å². The zero-order chi connectivity index (χ0) is 19.0. The van der Waals surface area contributed by atoms with Crippen molar-refractivity contribution >= 4 is 11.9 Å². The third-order valence-electron chi connectivity index (χ3n) is 6.90. The van der Waals surface area contributed by atoms with E-state index in [0.29, 0.717) is 12.3 Å². The zero-order valence-corrected chi connectivity index (χ0v) is 16.6. The average Bonchev–Trinajstić information content (AvgIpc) is 3.30. The molecule has 1 atom stereocenters. The number of piperidine rings is 1. The lowest BCUT2D eigenvalue weighted by molar-refractivity contribution is -0.129. The van der Waals surface area contributed by atoms with Crippen LogP contribution in [0, 0.1) is 0 Å². The molecule has 146 valence electrons. The van der Waals surface area contributed by atoms with Crippen molar-refractivity contribution in [3.8, 4) is 0 Å². The van der Waals surface area contributed by atoms with Gasteiger partial charge in [-0.2, -0.15) is 0 Å². The summed E-state index contributed by atoms with van der Waals surface area (Å²) in [5.74, 6) is 0.505. The molecular formula is C22H31N3O2. The number of nitrogens with zero attached hydrogens (tertiary/aromatic N) is 3. The minimum atomic E-state index is 0.135. The van der Waals surface area contributed by atoms with Gasteiger partial charge in [0.05, 0.1) is 0 Å². The van der Waals surface area contributed by atoms with Gasteiger partial charge in [0.1, 0.15) is 0 Å². The smallest absolute Gasteiger partial charge is 0.319 e. The third-order valence-corrected chi connectivity index (χ3v) is 6.90. The fourth-order valence-corrected chi connectivity index (χ4v) is 5.31. The van der Waals surface area contributed by atoms with Crippen LogP contribution in [0.25, 0.3) is 0 Å². The highest BCUT2D eigenvalue weighted by molar-refractivity contribution is 5.77. The lowest BCUT2D eigenvalue weighted by Gasteiger charge is -2.41. The molecule has 1 aromatic rings. The molecule has 27 heavy (non-hydrogen) atoms. The summed E-state index contributed by atoms with van der Waals surface area (Å²) >= 11 is 0. The van der Waals surface area contributed by atoms with Gasteiger partial charge in [-0.1, -0.05) is 24.3 Å². The van der Waals surface area contributed by atoms with Gasteiger partial charge in [0.2, 0.25) is 5.91 Å². The zero-order valence-electron chi connectivity index (χ0n) is 16.6. The summed E-state index contributed by atoms with van der Waals surface area (Å²) in [5, 5.41) is 0. The molecule has 0 bridgehead atoms. The molecule has 2 fully saturated rings. The Bertz CT molecular complexity index is 716. The summed E-state index contributed by atoms with van der Waals surface area (Å²) in [6.45, 7) is 3.49. The second-order valence-corrected chi connectivity index (χ2v) is 8.72. The highest BCUT2D eigenvalue weighted by atomic mass is 16.2. The molecular weight excluding hydrogens is 338 g/mol. The van der Waals surface area contributed by atoms with Crippen LogP contribution in [0.15, 0.2) is 24.3 Å². The van der Waals surface area contributed by atoms with Gasteiger partial charge in [0.25, 0.3) is 0 Å². The lowest BCUT2D eigenvalue weighted by atomic mass is 9.73. The molecule has 2 aliphatic heterocycles. The van der Waals surface area contributed by atoms with Gasteiger partial charge in [0, 0.05) is 46.7 Å². The van der Waals surface area contributed by atoms with E-state index in [-0.39, 0.29) is 17.4 Å². The molecule has 0 saturated carbocycles. The standard InChI is InChI=1S/C22H31N3O2/c1-23(2)20(26)15-17-16-22(19-8-4-3-7-18(17)19)9-13-25(14-10-22)21(27)24-11-5-6-12-24/h3-4,7-8,17H,5-6,9-16H2,1-2H3/t17-/m1/s1. The van der Waals surface area contributed by atoms with Crippen LogP contribution >= 0.6 is 0 Å². The number of hydrogen-bond acceptors (Lipinski definition) is 2. The van der Waals surface area contributed by atoms with E-state index in [9.17, 15) is 9.59 Å². The van der Waals surface area contributed by atoms with Crippen molar-refractivity contribution < 1.29 is 9.59 Å². The number of hydrogen-bond donors (Lipinski definition) is 0. The van der Waals surface area contributed by atoms with Crippen molar-refractivity contribution in [1.29, 1.82) is 0 Å². The van der Waals surface area contributed by atoms with Crippen LogP contribution in [0.4, 0.5) is 4.79 Å². The highest BCUT2D eigenvalue weighted by Crippen LogP contribution is 2.52. The first-order valence-electron chi connectivity index (χ1n) is 10.3. The van der Waals surface area contributed by atoms with Crippen LogP contribution in [0.3, 0.4) is 0 Å². The molecule has 5 nitrogen and oxygen atoms in total. The SMILES string of the molecule is CN(C)C(=O)C[C@@H]1CC2(CCN(C(=O)N3CCCC3)CC2)c2ccccc21. The molecule has 3 aliphatic rings. The summed E-state index contributed by atoms with van der Waals surface area (Å²) in [6.07, 6.45) is 5.92. The summed E-state index contributed by atoms with van der Waals surface area (Å²) in [7, 11) is 3.67. The number of amides is 3. The fraction of sp³-hybridized carbons (Fsp3) is 0.636. The molecule has 4 rings (SSSR count). The second-order valence-electron chi connectivity index (χ2n) is 8.72. The van der Waals surface area contributed by atoms with Gasteiger partial charge in [0.15, 0.2) is 0 Å². The van der Waals surface area contributed by atoms with E-state index in [1.165, 1.54) is 11.1 Å². The first-order chi connectivity index (χ1) is 13.0. The maximum Gasteiger partial charge on any atom is 0.319 e. The topological polar surface area (TPSA) is 43.9 Å². The van der Waals surface area contributed by atoms with Gasteiger partial charge >= 0.3 is 6.03 Å². The monoisotopic (exact) mass is 369 g/mol. The summed E-state index contributed by atoms with van der Waals surface area (Å²) < 4.78 is 0. The molecule has 1 aromatic carbocycles. The number of benzene rings is 1. The molecule has 5 heteroatoms. The van der Waals surface area contributed by atoms with Crippen LogP contribution in [0.5, 0.6) is 0 Å². The van der Waals surface area contributed by atoms with E-state index in [1.54, 1.807) is 4.90 Å². The van der Waals surface area contributed by atoms with E-state index in [0.717, 1.165) is 58.3 Å². The molecule has 0 radical (unpaired) electrons. The molecule has 0 unspecified atom stereocenters. The Morgan fingerprint density at radius 3 is 2.33 bits per heavy atom. The van der Waals surface area contributed by atoms with Crippen LogP contribution < -0.4 is 0 Å². The lowest BCUT2D eigenvalue weighted by Crippen LogP contribution is -2.49. The largest absolute Gasteiger partial charge is 0.349 e. The second kappa shape index (κ2) is 7.17. The van der Waals surface area contributed by atoms with E-state index >= 15 is 0 Å². The quantitative estimate of drug-likeness (QED) is 0.803. The van der Waals surface area contributed by atoms with Crippen LogP contribution in [0.1, 0.15) is 55.6 Å². The average molecular weight is 370 g/mol. The van der Waals surface area contributed by atoms with Gasteiger partial charge in [-0.25, -0.2) is 4.79 Å². The molecule has 1 spiro atoms. The highest BCUT2D eigenvalue weighted by Gasteiger charge is 2.46. The minimum Gasteiger partial charge on any atom is -0.349 e. The summed E-state index contributed by atoms with van der Waals surface area (Å²) in [5.41, 5.74) is 2.91. The number of rotatable bonds is 2. The Kier molecular flexibility index (Phi) is 4.87. The van der Waals surface area contributed by atoms with Crippen LogP contribution in [-0.4, -0.2) is 66.9 Å². The number of urea groups is 1. The molecule has 0 N–H and O–H groups in total. The summed E-state index contributed by atoms with van der Waals surface area (Å²) in [6, 6.07) is 8.91. The first-order valence-corrected chi connectivity index (χ1v) is 10.3. The number of likely N-dealkylation sites (tertiary alicyclic amines) is 2. The fourth-order valence-electron chi connectivity index (χ4n) is 5.31. The van der Waals surface area contributed by atoms with Gasteiger partial charge in [-0.05, 0) is 54.6 Å². The van der Waals surface area contributed by atoms with E-state index in [4.69, 9.17) is 0 Å². The molecule has 2 heterocycles. The Balaban J connectivity index is 1.49. The van der Waals surface area contributed by atoms with Gasteiger partial charge in [-0.3, -0.25) is 4.79 Å². The molecule has 2 saturated heterocycles. The minimum absolute atomic E-state index is 0.135. The molecule has 3 amide bonds. The first kappa shape index (κ1) is 18.3. The number of carbonyl (C=O) groups is 2. The third kappa shape index (κ3) is 3.32. The Morgan fingerprint density at radius 1 is 1.04 bits per heavy atom. The van der Waals surface area contributed by atoms with Gasteiger partial charge < -0.3 is 14.7 Å². The van der Waals surface area contributed by atoms with Crippen molar-refractivity contribution in [3.05, 3.63) is 35.4 Å². The van der Waals surface area contributed by atoms with Crippen LogP contribution in [0.2, 0.25) is 0 Å². The Hall–Kier alpha value is -2.04. The number of fused-ring (bicyclic) bond motifs is 2. The normalized spacial score (nSPS) is 23.6. The predicted molar refractivity (Wildman–Crippen MR) is 106 cm³/mol. The predicted octanol–water partition coefficient (Wildman–Crippen LogP) is 3.20. The van der Waals surface area contributed by atoms with E-state index in [1.807, 2.05) is 19.0 Å². The van der Waals surface area contributed by atoms with Crippen molar-refractivity contribution in [2.24, 2.45) is 0 Å². The summed E-state index contributed by atoms with van der Waals surface area (Å²) in [4.78, 5) is 30.8.